The molecule has 0 aliphatic carbocycles. The molecule has 1 atom stereocenters. The van der Waals surface area contributed by atoms with E-state index < -0.39 is 12.3 Å². The van der Waals surface area contributed by atoms with Crippen LogP contribution in [0.25, 0.3) is 0 Å². The van der Waals surface area contributed by atoms with Crippen LogP contribution < -0.4 is 14.8 Å². The molecule has 1 unspecified atom stereocenters. The third kappa shape index (κ3) is 6.59. The summed E-state index contributed by atoms with van der Waals surface area (Å²) in [6.07, 6.45) is 0.0575. The standard InChI is InChI=1S/C26H23Cl2NO6/c27-18-7-3-16(4-8-18)2-1-12-29-25(30)17-5-9-19(10-6-17)34-24-15-23-20(14-21(24)28)22(11-13-33-23)35-26(31)32/h3-10,14-15,22H,1-2,11-13H2,(H,29,30)(H,31,32). The lowest BCUT2D eigenvalue weighted by atomic mass is 10.0. The highest BCUT2D eigenvalue weighted by atomic mass is 35.5. The van der Waals surface area contributed by atoms with E-state index in [-0.39, 0.29) is 10.9 Å². The molecule has 4 rings (SSSR count). The number of ether oxygens (including phenoxy) is 3. The first kappa shape index (κ1) is 24.7. The Kier molecular flexibility index (Phi) is 8.00. The average Bonchev–Trinajstić information content (AvgIpc) is 2.84. The first-order valence-electron chi connectivity index (χ1n) is 11.1. The number of aryl methyl sites for hydroxylation is 1. The quantitative estimate of drug-likeness (QED) is 0.257. The number of hydrogen-bond acceptors (Lipinski definition) is 5. The molecule has 1 amide bonds. The van der Waals surface area contributed by atoms with Crippen LogP contribution in [0.4, 0.5) is 4.79 Å². The van der Waals surface area contributed by atoms with Gasteiger partial charge >= 0.3 is 6.16 Å². The molecule has 9 heteroatoms. The summed E-state index contributed by atoms with van der Waals surface area (Å²) in [5.41, 5.74) is 2.23. The van der Waals surface area contributed by atoms with Gasteiger partial charge in [0, 0.05) is 35.2 Å². The fourth-order valence-electron chi connectivity index (χ4n) is 3.73. The first-order chi connectivity index (χ1) is 16.9. The van der Waals surface area contributed by atoms with Gasteiger partial charge < -0.3 is 24.6 Å². The molecule has 182 valence electrons. The zero-order chi connectivity index (χ0) is 24.8. The number of amides is 1. The number of halogens is 2. The van der Waals surface area contributed by atoms with Crippen LogP contribution in [-0.2, 0) is 11.2 Å². The normalized spacial score (nSPS) is 14.4. The Morgan fingerprint density at radius 2 is 1.80 bits per heavy atom. The van der Waals surface area contributed by atoms with Gasteiger partial charge in [0.05, 0.1) is 11.6 Å². The van der Waals surface area contributed by atoms with E-state index in [1.165, 1.54) is 5.56 Å². The number of carbonyl (C=O) groups is 2. The van der Waals surface area contributed by atoms with Crippen LogP contribution >= 0.6 is 23.2 Å². The molecule has 1 aliphatic heterocycles. The Morgan fingerprint density at radius 1 is 1.06 bits per heavy atom. The van der Waals surface area contributed by atoms with Gasteiger partial charge in [0.1, 0.15) is 23.4 Å². The number of fused-ring (bicyclic) bond motifs is 1. The molecule has 0 bridgehead atoms. The summed E-state index contributed by atoms with van der Waals surface area (Å²) in [5, 5.41) is 12.8. The smallest absolute Gasteiger partial charge is 0.493 e. The van der Waals surface area contributed by atoms with Crippen LogP contribution in [0.1, 0.15) is 40.4 Å². The minimum atomic E-state index is -1.36. The highest BCUT2D eigenvalue weighted by molar-refractivity contribution is 6.32. The Morgan fingerprint density at radius 3 is 2.51 bits per heavy atom. The average molecular weight is 516 g/mol. The Labute approximate surface area is 212 Å². The number of hydrogen-bond donors (Lipinski definition) is 2. The Hall–Kier alpha value is -3.42. The lowest BCUT2D eigenvalue weighted by Gasteiger charge is -2.25. The molecule has 1 heterocycles. The van der Waals surface area contributed by atoms with Crippen molar-refractivity contribution < 1.29 is 28.9 Å². The van der Waals surface area contributed by atoms with Crippen molar-refractivity contribution in [3.05, 3.63) is 87.4 Å². The molecule has 0 saturated heterocycles. The van der Waals surface area contributed by atoms with Crippen molar-refractivity contribution >= 4 is 35.3 Å². The van der Waals surface area contributed by atoms with E-state index in [0.29, 0.717) is 53.0 Å². The minimum Gasteiger partial charge on any atom is -0.493 e. The highest BCUT2D eigenvalue weighted by Crippen LogP contribution is 2.42. The monoisotopic (exact) mass is 515 g/mol. The molecule has 7 nitrogen and oxygen atoms in total. The van der Waals surface area contributed by atoms with Crippen LogP contribution in [0.3, 0.4) is 0 Å². The van der Waals surface area contributed by atoms with Crippen molar-refractivity contribution in [2.75, 3.05) is 13.2 Å². The van der Waals surface area contributed by atoms with Crippen molar-refractivity contribution in [3.63, 3.8) is 0 Å². The van der Waals surface area contributed by atoms with Crippen LogP contribution in [0, 0.1) is 0 Å². The fraction of sp³-hybridized carbons (Fsp3) is 0.231. The van der Waals surface area contributed by atoms with Crippen molar-refractivity contribution in [1.82, 2.24) is 5.32 Å². The topological polar surface area (TPSA) is 94.1 Å². The highest BCUT2D eigenvalue weighted by Gasteiger charge is 2.27. The van der Waals surface area contributed by atoms with E-state index in [2.05, 4.69) is 5.32 Å². The van der Waals surface area contributed by atoms with E-state index in [9.17, 15) is 9.59 Å². The van der Waals surface area contributed by atoms with Gasteiger partial charge in [0.2, 0.25) is 0 Å². The van der Waals surface area contributed by atoms with Crippen molar-refractivity contribution in [2.24, 2.45) is 0 Å². The van der Waals surface area contributed by atoms with E-state index in [4.69, 9.17) is 42.5 Å². The van der Waals surface area contributed by atoms with Gasteiger partial charge in [0.25, 0.3) is 5.91 Å². The third-order valence-corrected chi connectivity index (χ3v) is 6.02. The van der Waals surface area contributed by atoms with Crippen molar-refractivity contribution in [1.29, 1.82) is 0 Å². The minimum absolute atomic E-state index is 0.169. The predicted molar refractivity (Wildman–Crippen MR) is 132 cm³/mol. The second kappa shape index (κ2) is 11.3. The first-order valence-corrected chi connectivity index (χ1v) is 11.8. The molecule has 0 saturated carbocycles. The van der Waals surface area contributed by atoms with Gasteiger partial charge in [-0.15, -0.1) is 0 Å². The summed E-state index contributed by atoms with van der Waals surface area (Å²) in [5.74, 6) is 1.12. The van der Waals surface area contributed by atoms with Gasteiger partial charge in [-0.25, -0.2) is 4.79 Å². The molecule has 0 spiro atoms. The zero-order valence-corrected chi connectivity index (χ0v) is 20.1. The molecule has 2 N–H and O–H groups in total. The molecule has 35 heavy (non-hydrogen) atoms. The SMILES string of the molecule is O=C(O)OC1CCOc2cc(Oc3ccc(C(=O)NCCCc4ccc(Cl)cc4)cc3)c(Cl)cc21. The summed E-state index contributed by atoms with van der Waals surface area (Å²) < 4.78 is 16.4. The molecular weight excluding hydrogens is 493 g/mol. The van der Waals surface area contributed by atoms with Crippen molar-refractivity contribution in [2.45, 2.75) is 25.4 Å². The molecule has 0 aromatic heterocycles. The lowest BCUT2D eigenvalue weighted by molar-refractivity contribution is 0.0326. The van der Waals surface area contributed by atoms with Crippen molar-refractivity contribution in [3.8, 4) is 17.2 Å². The Bertz CT molecular complexity index is 1200. The maximum atomic E-state index is 12.4. The fourth-order valence-corrected chi connectivity index (χ4v) is 4.07. The zero-order valence-electron chi connectivity index (χ0n) is 18.6. The van der Waals surface area contributed by atoms with Crippen LogP contribution in [-0.4, -0.2) is 30.3 Å². The molecule has 0 radical (unpaired) electrons. The molecule has 0 fully saturated rings. The molecular formula is C26H23Cl2NO6. The van der Waals surface area contributed by atoms with Crippen LogP contribution in [0.5, 0.6) is 17.2 Å². The van der Waals surface area contributed by atoms with E-state index in [0.717, 1.165) is 12.8 Å². The molecule has 1 aliphatic rings. The third-order valence-electron chi connectivity index (χ3n) is 5.48. The summed E-state index contributed by atoms with van der Waals surface area (Å²) >= 11 is 12.3. The summed E-state index contributed by atoms with van der Waals surface area (Å²) in [6.45, 7) is 0.868. The predicted octanol–water partition coefficient (Wildman–Crippen LogP) is 6.67. The van der Waals surface area contributed by atoms with E-state index in [1.807, 2.05) is 24.3 Å². The maximum Gasteiger partial charge on any atom is 0.506 e. The maximum absolute atomic E-state index is 12.4. The van der Waals surface area contributed by atoms with Crippen LogP contribution in [0.2, 0.25) is 10.0 Å². The number of benzene rings is 3. The lowest BCUT2D eigenvalue weighted by Crippen LogP contribution is -2.24. The molecule has 3 aromatic carbocycles. The van der Waals surface area contributed by atoms with Gasteiger partial charge in [-0.3, -0.25) is 4.79 Å². The van der Waals surface area contributed by atoms with Gasteiger partial charge in [-0.2, -0.15) is 0 Å². The second-order valence-electron chi connectivity index (χ2n) is 7.94. The molecule has 3 aromatic rings. The number of nitrogens with one attached hydrogen (secondary N) is 1. The number of carboxylic acid groups (broad SMARTS) is 1. The summed E-state index contributed by atoms with van der Waals surface area (Å²) in [7, 11) is 0. The number of rotatable bonds is 8. The van der Waals surface area contributed by atoms with Crippen LogP contribution in [0.15, 0.2) is 60.7 Å². The van der Waals surface area contributed by atoms with Gasteiger partial charge in [-0.1, -0.05) is 35.3 Å². The second-order valence-corrected chi connectivity index (χ2v) is 8.79. The summed E-state index contributed by atoms with van der Waals surface area (Å²) in [4.78, 5) is 23.4. The van der Waals surface area contributed by atoms with E-state index >= 15 is 0 Å². The largest absolute Gasteiger partial charge is 0.506 e. The van der Waals surface area contributed by atoms with Gasteiger partial charge in [0.15, 0.2) is 0 Å². The van der Waals surface area contributed by atoms with Gasteiger partial charge in [-0.05, 0) is 60.9 Å². The number of carbonyl (C=O) groups excluding carboxylic acids is 1. The Balaban J connectivity index is 1.33. The van der Waals surface area contributed by atoms with E-state index in [1.54, 1.807) is 36.4 Å². The summed E-state index contributed by atoms with van der Waals surface area (Å²) in [6, 6.07) is 17.6.